The molecule has 17 heavy (non-hydrogen) atoms. The number of hydrogen-bond acceptors (Lipinski definition) is 3. The van der Waals surface area contributed by atoms with E-state index in [9.17, 15) is 4.57 Å². The zero-order chi connectivity index (χ0) is 11.9. The standard InChI is InChI=1S/C13H18O3P/c14-17(16-13-9-5-2-6-10-13)15-11-12-7-3-1-4-8-12/h1,3-4,7-8,13H,2,5-6,9-11H2/q+1. The van der Waals surface area contributed by atoms with Crippen LogP contribution in [0.3, 0.4) is 0 Å². The van der Waals surface area contributed by atoms with Crippen LogP contribution in [0, 0.1) is 0 Å². The molecule has 1 unspecified atom stereocenters. The molecule has 0 heterocycles. The predicted octanol–water partition coefficient (Wildman–Crippen LogP) is 4.21. The third-order valence-electron chi connectivity index (χ3n) is 2.97. The summed E-state index contributed by atoms with van der Waals surface area (Å²) in [6.45, 7) is 0.350. The monoisotopic (exact) mass is 253 g/mol. The second-order valence-electron chi connectivity index (χ2n) is 4.35. The molecule has 0 aromatic heterocycles. The van der Waals surface area contributed by atoms with Crippen LogP contribution in [0.15, 0.2) is 30.3 Å². The fraction of sp³-hybridized carbons (Fsp3) is 0.538. The summed E-state index contributed by atoms with van der Waals surface area (Å²) in [5, 5.41) is 0. The lowest BCUT2D eigenvalue weighted by atomic mass is 9.98. The van der Waals surface area contributed by atoms with E-state index in [4.69, 9.17) is 9.05 Å². The molecule has 1 atom stereocenters. The summed E-state index contributed by atoms with van der Waals surface area (Å²) in [5.74, 6) is 0. The Morgan fingerprint density at radius 3 is 2.53 bits per heavy atom. The van der Waals surface area contributed by atoms with E-state index in [2.05, 4.69) is 0 Å². The van der Waals surface area contributed by atoms with Gasteiger partial charge >= 0.3 is 8.25 Å². The zero-order valence-electron chi connectivity index (χ0n) is 9.88. The molecule has 0 radical (unpaired) electrons. The van der Waals surface area contributed by atoms with E-state index in [-0.39, 0.29) is 6.10 Å². The lowest BCUT2D eigenvalue weighted by Crippen LogP contribution is -2.13. The Kier molecular flexibility index (Phi) is 5.11. The van der Waals surface area contributed by atoms with Crippen molar-refractivity contribution in [3.8, 4) is 0 Å². The van der Waals surface area contributed by atoms with E-state index in [0.717, 1.165) is 18.4 Å². The Labute approximate surface area is 103 Å². The quantitative estimate of drug-likeness (QED) is 0.737. The Morgan fingerprint density at radius 1 is 1.12 bits per heavy atom. The van der Waals surface area contributed by atoms with Gasteiger partial charge < -0.3 is 0 Å². The van der Waals surface area contributed by atoms with Crippen LogP contribution in [0.2, 0.25) is 0 Å². The van der Waals surface area contributed by atoms with Gasteiger partial charge in [0.15, 0.2) is 0 Å². The van der Waals surface area contributed by atoms with Crippen molar-refractivity contribution in [1.82, 2.24) is 0 Å². The molecule has 1 aliphatic rings. The van der Waals surface area contributed by atoms with Gasteiger partial charge in [0.2, 0.25) is 0 Å². The summed E-state index contributed by atoms with van der Waals surface area (Å²) < 4.78 is 22.2. The summed E-state index contributed by atoms with van der Waals surface area (Å²) in [6.07, 6.45) is 5.76. The van der Waals surface area contributed by atoms with Crippen molar-refractivity contribution in [2.45, 2.75) is 44.8 Å². The molecule has 1 aliphatic carbocycles. The van der Waals surface area contributed by atoms with Crippen LogP contribution in [-0.2, 0) is 20.2 Å². The SMILES string of the molecule is O=[P+](OCc1ccccc1)OC1CCCCC1. The average molecular weight is 253 g/mol. The molecule has 0 saturated heterocycles. The number of benzene rings is 1. The Morgan fingerprint density at radius 2 is 1.82 bits per heavy atom. The minimum atomic E-state index is -1.98. The zero-order valence-corrected chi connectivity index (χ0v) is 10.8. The van der Waals surface area contributed by atoms with Crippen LogP contribution in [0.25, 0.3) is 0 Å². The van der Waals surface area contributed by atoms with Crippen LogP contribution in [0.5, 0.6) is 0 Å². The van der Waals surface area contributed by atoms with Crippen molar-refractivity contribution in [3.05, 3.63) is 35.9 Å². The Bertz CT molecular complexity index is 347. The van der Waals surface area contributed by atoms with Gasteiger partial charge in [-0.15, -0.1) is 9.05 Å². The molecular weight excluding hydrogens is 235 g/mol. The van der Waals surface area contributed by atoms with Crippen LogP contribution in [0.1, 0.15) is 37.7 Å². The first kappa shape index (κ1) is 12.7. The molecule has 3 nitrogen and oxygen atoms in total. The van der Waals surface area contributed by atoms with E-state index >= 15 is 0 Å². The molecule has 0 N–H and O–H groups in total. The topological polar surface area (TPSA) is 35.5 Å². The van der Waals surface area contributed by atoms with E-state index in [1.165, 1.54) is 19.3 Å². The molecule has 1 aromatic rings. The fourth-order valence-corrected chi connectivity index (χ4v) is 2.79. The van der Waals surface area contributed by atoms with Crippen molar-refractivity contribution in [2.75, 3.05) is 0 Å². The van der Waals surface area contributed by atoms with E-state index in [1.807, 2.05) is 30.3 Å². The van der Waals surface area contributed by atoms with E-state index in [1.54, 1.807) is 0 Å². The van der Waals surface area contributed by atoms with Crippen LogP contribution in [0.4, 0.5) is 0 Å². The van der Waals surface area contributed by atoms with Crippen molar-refractivity contribution < 1.29 is 13.6 Å². The van der Waals surface area contributed by atoms with Crippen molar-refractivity contribution in [3.63, 3.8) is 0 Å². The molecule has 0 aliphatic heterocycles. The summed E-state index contributed by atoms with van der Waals surface area (Å²) in [5.41, 5.74) is 1.02. The van der Waals surface area contributed by atoms with Crippen molar-refractivity contribution in [1.29, 1.82) is 0 Å². The van der Waals surface area contributed by atoms with Gasteiger partial charge in [0.1, 0.15) is 12.7 Å². The molecule has 1 saturated carbocycles. The number of hydrogen-bond donors (Lipinski definition) is 0. The minimum Gasteiger partial charge on any atom is -0.116 e. The first-order valence-electron chi connectivity index (χ1n) is 6.15. The predicted molar refractivity (Wildman–Crippen MR) is 66.8 cm³/mol. The van der Waals surface area contributed by atoms with E-state index < -0.39 is 8.25 Å². The van der Waals surface area contributed by atoms with Gasteiger partial charge in [-0.2, -0.15) is 0 Å². The first-order chi connectivity index (χ1) is 8.34. The summed E-state index contributed by atoms with van der Waals surface area (Å²) in [7, 11) is -1.98. The molecule has 1 aromatic carbocycles. The highest BCUT2D eigenvalue weighted by Crippen LogP contribution is 2.33. The van der Waals surface area contributed by atoms with Crippen molar-refractivity contribution >= 4 is 8.25 Å². The van der Waals surface area contributed by atoms with Gasteiger partial charge in [-0.05, 0) is 18.4 Å². The minimum absolute atomic E-state index is 0.128. The highest BCUT2D eigenvalue weighted by atomic mass is 31.1. The maximum atomic E-state index is 11.6. The summed E-state index contributed by atoms with van der Waals surface area (Å²) in [4.78, 5) is 0. The molecule has 0 amide bonds. The normalized spacial score (nSPS) is 18.0. The third kappa shape index (κ3) is 4.55. The van der Waals surface area contributed by atoms with Gasteiger partial charge in [-0.1, -0.05) is 49.6 Å². The molecule has 1 fully saturated rings. The molecule has 4 heteroatoms. The lowest BCUT2D eigenvalue weighted by Gasteiger charge is -2.15. The molecule has 2 rings (SSSR count). The van der Waals surface area contributed by atoms with Gasteiger partial charge in [0.05, 0.1) is 0 Å². The van der Waals surface area contributed by atoms with Crippen LogP contribution in [-0.4, -0.2) is 6.10 Å². The van der Waals surface area contributed by atoms with Crippen molar-refractivity contribution in [2.24, 2.45) is 0 Å². The highest BCUT2D eigenvalue weighted by molar-refractivity contribution is 7.33. The summed E-state index contributed by atoms with van der Waals surface area (Å²) in [6, 6.07) is 9.72. The first-order valence-corrected chi connectivity index (χ1v) is 7.25. The summed E-state index contributed by atoms with van der Waals surface area (Å²) >= 11 is 0. The maximum absolute atomic E-state index is 11.6. The van der Waals surface area contributed by atoms with Crippen LogP contribution >= 0.6 is 8.25 Å². The van der Waals surface area contributed by atoms with E-state index in [0.29, 0.717) is 6.61 Å². The number of rotatable bonds is 5. The van der Waals surface area contributed by atoms with Crippen LogP contribution < -0.4 is 0 Å². The Balaban J connectivity index is 1.70. The largest absolute Gasteiger partial charge is 0.698 e. The van der Waals surface area contributed by atoms with Gasteiger partial charge in [0, 0.05) is 4.57 Å². The van der Waals surface area contributed by atoms with Gasteiger partial charge in [-0.3, -0.25) is 0 Å². The van der Waals surface area contributed by atoms with Gasteiger partial charge in [0.25, 0.3) is 0 Å². The fourth-order valence-electron chi connectivity index (χ4n) is 2.02. The molecule has 92 valence electrons. The molecule has 0 bridgehead atoms. The molecule has 0 spiro atoms. The van der Waals surface area contributed by atoms with Gasteiger partial charge in [-0.25, -0.2) is 0 Å². The third-order valence-corrected chi connectivity index (χ3v) is 3.78. The Hall–Kier alpha value is -0.760. The lowest BCUT2D eigenvalue weighted by molar-refractivity contribution is 0.128. The highest BCUT2D eigenvalue weighted by Gasteiger charge is 2.28. The second kappa shape index (κ2) is 6.85. The second-order valence-corrected chi connectivity index (χ2v) is 5.26. The maximum Gasteiger partial charge on any atom is 0.698 e. The molecular formula is C13H18O3P+. The average Bonchev–Trinajstić information content (AvgIpc) is 2.39. The smallest absolute Gasteiger partial charge is 0.116 e.